The third kappa shape index (κ3) is 3.24. The van der Waals surface area contributed by atoms with Crippen molar-refractivity contribution in [1.29, 1.82) is 0 Å². The molecule has 0 saturated carbocycles. The summed E-state index contributed by atoms with van der Waals surface area (Å²) in [5, 5.41) is 0.764. The largest absolute Gasteiger partial charge is 0.338 e. The molecule has 1 atom stereocenters. The molecule has 1 aromatic carbocycles. The number of nitrogens with zero attached hydrogens (tertiary/aromatic N) is 2. The average molecular weight is 376 g/mol. The Bertz CT molecular complexity index is 539. The minimum Gasteiger partial charge on any atom is -0.338 e. The molecular weight excluding hydrogens is 361 g/mol. The predicted molar refractivity (Wildman–Crippen MR) is 82.6 cm³/mol. The van der Waals surface area contributed by atoms with Gasteiger partial charge in [0.05, 0.1) is 5.02 Å². The zero-order chi connectivity index (χ0) is 13.1. The van der Waals surface area contributed by atoms with Gasteiger partial charge in [0.25, 0.3) is 0 Å². The van der Waals surface area contributed by atoms with E-state index in [-0.39, 0.29) is 6.04 Å². The Hall–Kier alpha value is -0.590. The summed E-state index contributed by atoms with van der Waals surface area (Å²) < 4.78 is 3.07. The van der Waals surface area contributed by atoms with Crippen molar-refractivity contribution in [2.45, 2.75) is 18.9 Å². The Morgan fingerprint density at radius 1 is 1.50 bits per heavy atom. The van der Waals surface area contributed by atoms with Gasteiger partial charge in [-0.3, -0.25) is 0 Å². The van der Waals surface area contributed by atoms with Crippen molar-refractivity contribution in [1.82, 2.24) is 9.55 Å². The first-order valence-electron chi connectivity index (χ1n) is 5.74. The number of nitrogens with two attached hydrogens (primary N) is 1. The minimum absolute atomic E-state index is 0.00352. The van der Waals surface area contributed by atoms with Crippen molar-refractivity contribution in [2.75, 3.05) is 0 Å². The standard InChI is InChI=1S/C13H15ClIN3/c1-18-7-6-17-13(18)5-4-12(16)9-2-3-11(15)10(14)8-9/h2-3,6-8,12H,4-5,16H2,1H3. The second-order valence-corrected chi connectivity index (χ2v) is 5.84. The molecule has 1 aromatic heterocycles. The van der Waals surface area contributed by atoms with Crippen molar-refractivity contribution in [3.63, 3.8) is 0 Å². The summed E-state index contributed by atoms with van der Waals surface area (Å²) in [6.45, 7) is 0. The highest BCUT2D eigenvalue weighted by atomic mass is 127. The van der Waals surface area contributed by atoms with E-state index < -0.39 is 0 Å². The van der Waals surface area contributed by atoms with Crippen LogP contribution in [0.1, 0.15) is 23.9 Å². The Labute approximate surface area is 125 Å². The van der Waals surface area contributed by atoms with Crippen LogP contribution in [0.25, 0.3) is 0 Å². The molecule has 0 aliphatic heterocycles. The first-order chi connectivity index (χ1) is 8.58. The second-order valence-electron chi connectivity index (χ2n) is 4.27. The fraction of sp³-hybridized carbons (Fsp3) is 0.308. The van der Waals surface area contributed by atoms with E-state index in [1.54, 1.807) is 0 Å². The van der Waals surface area contributed by atoms with E-state index in [0.717, 1.165) is 32.8 Å². The molecule has 3 nitrogen and oxygen atoms in total. The van der Waals surface area contributed by atoms with Crippen LogP contribution < -0.4 is 5.73 Å². The summed E-state index contributed by atoms with van der Waals surface area (Å²) in [6.07, 6.45) is 5.49. The van der Waals surface area contributed by atoms with Crippen LogP contribution in [-0.2, 0) is 13.5 Å². The second kappa shape index (κ2) is 6.04. The zero-order valence-electron chi connectivity index (χ0n) is 10.1. The summed E-state index contributed by atoms with van der Waals surface area (Å²) in [4.78, 5) is 4.29. The quantitative estimate of drug-likeness (QED) is 0.833. The maximum atomic E-state index is 6.18. The third-order valence-electron chi connectivity index (χ3n) is 2.97. The van der Waals surface area contributed by atoms with Crippen LogP contribution in [0.2, 0.25) is 5.02 Å². The van der Waals surface area contributed by atoms with Crippen LogP contribution in [0.4, 0.5) is 0 Å². The number of hydrogen-bond donors (Lipinski definition) is 1. The lowest BCUT2D eigenvalue weighted by molar-refractivity contribution is 0.620. The van der Waals surface area contributed by atoms with Gasteiger partial charge in [-0.1, -0.05) is 17.7 Å². The van der Waals surface area contributed by atoms with Gasteiger partial charge in [0.2, 0.25) is 0 Å². The summed E-state index contributed by atoms with van der Waals surface area (Å²) in [7, 11) is 2.00. The summed E-state index contributed by atoms with van der Waals surface area (Å²) in [5.41, 5.74) is 7.26. The van der Waals surface area contributed by atoms with E-state index in [4.69, 9.17) is 17.3 Å². The fourth-order valence-corrected chi connectivity index (χ4v) is 2.36. The molecule has 1 unspecified atom stereocenters. The Morgan fingerprint density at radius 3 is 2.89 bits per heavy atom. The van der Waals surface area contributed by atoms with Gasteiger partial charge in [0.15, 0.2) is 0 Å². The van der Waals surface area contributed by atoms with E-state index >= 15 is 0 Å². The van der Waals surface area contributed by atoms with Gasteiger partial charge in [-0.2, -0.15) is 0 Å². The summed E-state index contributed by atoms with van der Waals surface area (Å²) >= 11 is 8.32. The smallest absolute Gasteiger partial charge is 0.108 e. The number of benzene rings is 1. The number of rotatable bonds is 4. The van der Waals surface area contributed by atoms with Gasteiger partial charge in [0.1, 0.15) is 5.82 Å². The van der Waals surface area contributed by atoms with Crippen LogP contribution in [-0.4, -0.2) is 9.55 Å². The molecule has 0 radical (unpaired) electrons. The SMILES string of the molecule is Cn1ccnc1CCC(N)c1ccc(I)c(Cl)c1. The first-order valence-corrected chi connectivity index (χ1v) is 7.20. The fourth-order valence-electron chi connectivity index (χ4n) is 1.83. The first kappa shape index (κ1) is 13.8. The highest BCUT2D eigenvalue weighted by Crippen LogP contribution is 2.24. The van der Waals surface area contributed by atoms with Crippen LogP contribution in [0.5, 0.6) is 0 Å². The molecular formula is C13H15ClIN3. The predicted octanol–water partition coefficient (Wildman–Crippen LogP) is 3.31. The lowest BCUT2D eigenvalue weighted by atomic mass is 10.0. The van der Waals surface area contributed by atoms with Crippen LogP contribution in [0.3, 0.4) is 0 Å². The third-order valence-corrected chi connectivity index (χ3v) is 4.54. The minimum atomic E-state index is -0.00352. The van der Waals surface area contributed by atoms with Gasteiger partial charge in [-0.05, 0) is 46.7 Å². The van der Waals surface area contributed by atoms with Crippen LogP contribution >= 0.6 is 34.2 Å². The summed E-state index contributed by atoms with van der Waals surface area (Å²) in [5.74, 6) is 1.06. The van der Waals surface area contributed by atoms with Gasteiger partial charge < -0.3 is 10.3 Å². The summed E-state index contributed by atoms with van der Waals surface area (Å²) in [6, 6.07) is 5.98. The highest BCUT2D eigenvalue weighted by molar-refractivity contribution is 14.1. The maximum absolute atomic E-state index is 6.18. The van der Waals surface area contributed by atoms with Crippen molar-refractivity contribution < 1.29 is 0 Å². The monoisotopic (exact) mass is 375 g/mol. The van der Waals surface area contributed by atoms with Gasteiger partial charge in [0, 0.05) is 35.5 Å². The van der Waals surface area contributed by atoms with Crippen molar-refractivity contribution in [2.24, 2.45) is 12.8 Å². The highest BCUT2D eigenvalue weighted by Gasteiger charge is 2.09. The molecule has 0 spiro atoms. The van der Waals surface area contributed by atoms with Gasteiger partial charge >= 0.3 is 0 Å². The molecule has 5 heteroatoms. The van der Waals surface area contributed by atoms with Crippen molar-refractivity contribution >= 4 is 34.2 Å². The zero-order valence-corrected chi connectivity index (χ0v) is 13.0. The Balaban J connectivity index is 2.01. The Kier molecular flexibility index (Phi) is 4.64. The topological polar surface area (TPSA) is 43.8 Å². The molecule has 1 heterocycles. The molecule has 0 fully saturated rings. The van der Waals surface area contributed by atoms with Crippen molar-refractivity contribution in [3.05, 3.63) is 50.6 Å². The van der Waals surface area contributed by atoms with Gasteiger partial charge in [-0.15, -0.1) is 0 Å². The molecule has 0 aliphatic carbocycles. The number of aromatic nitrogens is 2. The van der Waals surface area contributed by atoms with E-state index in [1.807, 2.05) is 42.2 Å². The molecule has 18 heavy (non-hydrogen) atoms. The molecule has 2 rings (SSSR count). The molecule has 0 aliphatic rings. The molecule has 0 amide bonds. The molecule has 0 saturated heterocycles. The number of imidazole rings is 1. The molecule has 0 bridgehead atoms. The molecule has 96 valence electrons. The Morgan fingerprint density at radius 2 is 2.28 bits per heavy atom. The van der Waals surface area contributed by atoms with E-state index in [9.17, 15) is 0 Å². The number of halogens is 2. The molecule has 2 aromatic rings. The van der Waals surface area contributed by atoms with E-state index in [0.29, 0.717) is 0 Å². The van der Waals surface area contributed by atoms with Crippen LogP contribution in [0, 0.1) is 3.57 Å². The van der Waals surface area contributed by atoms with E-state index in [1.165, 1.54) is 0 Å². The normalized spacial score (nSPS) is 12.7. The van der Waals surface area contributed by atoms with Crippen molar-refractivity contribution in [3.8, 4) is 0 Å². The van der Waals surface area contributed by atoms with E-state index in [2.05, 4.69) is 27.6 Å². The van der Waals surface area contributed by atoms with Gasteiger partial charge in [-0.25, -0.2) is 4.98 Å². The molecule has 2 N–H and O–H groups in total. The lowest BCUT2D eigenvalue weighted by Crippen LogP contribution is -2.12. The van der Waals surface area contributed by atoms with Crippen LogP contribution in [0.15, 0.2) is 30.6 Å². The lowest BCUT2D eigenvalue weighted by Gasteiger charge is -2.12. The number of hydrogen-bond acceptors (Lipinski definition) is 2. The average Bonchev–Trinajstić information content (AvgIpc) is 2.75. The number of aryl methyl sites for hydroxylation is 2. The maximum Gasteiger partial charge on any atom is 0.108 e.